The number of likely N-dealkylation sites (tertiary alicyclic amines) is 1. The van der Waals surface area contributed by atoms with Crippen LogP contribution in [-0.2, 0) is 6.54 Å². The van der Waals surface area contributed by atoms with Gasteiger partial charge in [-0.05, 0) is 57.8 Å². The van der Waals surface area contributed by atoms with Crippen LogP contribution in [0.2, 0.25) is 0 Å². The van der Waals surface area contributed by atoms with Gasteiger partial charge in [0.25, 0.3) is 0 Å². The van der Waals surface area contributed by atoms with E-state index in [2.05, 4.69) is 60.7 Å². The van der Waals surface area contributed by atoms with Crippen LogP contribution in [0.1, 0.15) is 43.7 Å². The molecule has 5 heteroatoms. The zero-order valence-corrected chi connectivity index (χ0v) is 18.4. The first-order chi connectivity index (χ1) is 11.7. The Morgan fingerprint density at radius 1 is 1.16 bits per heavy atom. The van der Waals surface area contributed by atoms with Gasteiger partial charge in [0.05, 0.1) is 6.54 Å². The van der Waals surface area contributed by atoms with Gasteiger partial charge in [-0.1, -0.05) is 43.2 Å². The zero-order valence-electron chi connectivity index (χ0n) is 16.1. The monoisotopic (exact) mass is 458 g/mol. The van der Waals surface area contributed by atoms with Gasteiger partial charge in [-0.2, -0.15) is 0 Å². The third-order valence-corrected chi connectivity index (χ3v) is 4.76. The zero-order chi connectivity index (χ0) is 17.2. The lowest BCUT2D eigenvalue weighted by Gasteiger charge is -2.29. The summed E-state index contributed by atoms with van der Waals surface area (Å²) in [5, 5.41) is 7.04. The van der Waals surface area contributed by atoms with Crippen LogP contribution in [0.25, 0.3) is 0 Å². The highest BCUT2D eigenvalue weighted by Gasteiger charge is 2.16. The highest BCUT2D eigenvalue weighted by atomic mass is 127. The summed E-state index contributed by atoms with van der Waals surface area (Å²) in [4.78, 5) is 7.20. The van der Waals surface area contributed by atoms with Gasteiger partial charge < -0.3 is 15.5 Å². The first kappa shape index (κ1) is 22.2. The van der Waals surface area contributed by atoms with Crippen LogP contribution in [-0.4, -0.2) is 44.1 Å². The fourth-order valence-corrected chi connectivity index (χ4v) is 2.93. The topological polar surface area (TPSA) is 39.7 Å². The molecular weight excluding hydrogens is 423 g/mol. The van der Waals surface area contributed by atoms with Gasteiger partial charge in [-0.15, -0.1) is 24.0 Å². The van der Waals surface area contributed by atoms with E-state index in [-0.39, 0.29) is 24.0 Å². The molecule has 0 atom stereocenters. The maximum atomic E-state index is 4.78. The summed E-state index contributed by atoms with van der Waals surface area (Å²) in [6.07, 6.45) is 4.94. The van der Waals surface area contributed by atoms with Crippen molar-refractivity contribution in [1.29, 1.82) is 0 Å². The van der Waals surface area contributed by atoms with Crippen molar-refractivity contribution in [3.05, 3.63) is 35.4 Å². The number of nitrogens with one attached hydrogen (secondary N) is 2. The lowest BCUT2D eigenvalue weighted by Crippen LogP contribution is -2.42. The fourth-order valence-electron chi connectivity index (χ4n) is 2.93. The Morgan fingerprint density at radius 3 is 2.48 bits per heavy atom. The lowest BCUT2D eigenvalue weighted by atomic mass is 9.97. The number of aliphatic imine (C=N–C) groups is 1. The Balaban J connectivity index is 0.00000312. The van der Waals surface area contributed by atoms with E-state index in [0.29, 0.717) is 0 Å². The third-order valence-electron chi connectivity index (χ3n) is 4.76. The van der Waals surface area contributed by atoms with Crippen LogP contribution in [0.4, 0.5) is 0 Å². The minimum absolute atomic E-state index is 0. The Bertz CT molecular complexity index is 493. The molecule has 0 bridgehead atoms. The van der Waals surface area contributed by atoms with Crippen molar-refractivity contribution in [2.45, 2.75) is 46.1 Å². The molecule has 1 fully saturated rings. The Morgan fingerprint density at radius 2 is 1.84 bits per heavy atom. The standard InChI is InChI=1S/C20H34N4.HI/c1-4-5-12-21-20(22-15-18-8-6-17(2)7-9-18)23-16-19-10-13-24(3)14-11-19;/h6-9,19H,4-5,10-16H2,1-3H3,(H2,21,22,23);1H. The minimum Gasteiger partial charge on any atom is -0.356 e. The van der Waals surface area contributed by atoms with Crippen molar-refractivity contribution in [3.8, 4) is 0 Å². The second kappa shape index (κ2) is 12.5. The van der Waals surface area contributed by atoms with Gasteiger partial charge in [0.15, 0.2) is 5.96 Å². The number of halogens is 1. The van der Waals surface area contributed by atoms with E-state index in [0.717, 1.165) is 31.5 Å². The number of guanidine groups is 1. The van der Waals surface area contributed by atoms with Crippen molar-refractivity contribution >= 4 is 29.9 Å². The average Bonchev–Trinajstić information content (AvgIpc) is 2.60. The molecule has 0 unspecified atom stereocenters. The number of nitrogens with zero attached hydrogens (tertiary/aromatic N) is 2. The van der Waals surface area contributed by atoms with E-state index >= 15 is 0 Å². The summed E-state index contributed by atoms with van der Waals surface area (Å²) < 4.78 is 0. The molecule has 0 amide bonds. The summed E-state index contributed by atoms with van der Waals surface area (Å²) in [7, 11) is 2.21. The highest BCUT2D eigenvalue weighted by Crippen LogP contribution is 2.14. The maximum absolute atomic E-state index is 4.78. The van der Waals surface area contributed by atoms with Crippen molar-refractivity contribution < 1.29 is 0 Å². The normalized spacial score (nSPS) is 16.4. The largest absolute Gasteiger partial charge is 0.356 e. The highest BCUT2D eigenvalue weighted by molar-refractivity contribution is 14.0. The summed E-state index contributed by atoms with van der Waals surface area (Å²) in [6.45, 7) is 9.51. The molecule has 1 aromatic rings. The minimum atomic E-state index is 0. The number of unbranched alkanes of at least 4 members (excludes halogenated alkanes) is 1. The number of rotatable bonds is 7. The summed E-state index contributed by atoms with van der Waals surface area (Å²) in [5.74, 6) is 1.72. The predicted octanol–water partition coefficient (Wildman–Crippen LogP) is 3.79. The first-order valence-corrected chi connectivity index (χ1v) is 9.43. The molecule has 0 aliphatic carbocycles. The van der Waals surface area contributed by atoms with Crippen molar-refractivity contribution in [3.63, 3.8) is 0 Å². The van der Waals surface area contributed by atoms with Crippen molar-refractivity contribution in [2.75, 3.05) is 33.2 Å². The number of aryl methyl sites for hydroxylation is 1. The van der Waals surface area contributed by atoms with Gasteiger partial charge in [-0.25, -0.2) is 4.99 Å². The molecule has 1 saturated heterocycles. The molecule has 1 aliphatic rings. The Kier molecular flexibility index (Phi) is 11.1. The molecule has 2 rings (SSSR count). The van der Waals surface area contributed by atoms with Crippen LogP contribution < -0.4 is 10.6 Å². The molecule has 142 valence electrons. The summed E-state index contributed by atoms with van der Waals surface area (Å²) in [6, 6.07) is 8.64. The van der Waals surface area contributed by atoms with E-state index in [9.17, 15) is 0 Å². The van der Waals surface area contributed by atoms with E-state index in [1.807, 2.05) is 0 Å². The van der Waals surface area contributed by atoms with Gasteiger partial charge in [0, 0.05) is 13.1 Å². The summed E-state index contributed by atoms with van der Waals surface area (Å²) in [5.41, 5.74) is 2.56. The van der Waals surface area contributed by atoms with Crippen molar-refractivity contribution in [2.24, 2.45) is 10.9 Å². The molecule has 0 saturated carbocycles. The predicted molar refractivity (Wildman–Crippen MR) is 119 cm³/mol. The van der Waals surface area contributed by atoms with Crippen LogP contribution in [0, 0.1) is 12.8 Å². The molecule has 25 heavy (non-hydrogen) atoms. The van der Waals surface area contributed by atoms with Crippen LogP contribution in [0.15, 0.2) is 29.3 Å². The third kappa shape index (κ3) is 8.90. The molecule has 1 heterocycles. The quantitative estimate of drug-likeness (QED) is 0.283. The second-order valence-corrected chi connectivity index (χ2v) is 7.06. The van der Waals surface area contributed by atoms with Gasteiger partial charge in [0.2, 0.25) is 0 Å². The van der Waals surface area contributed by atoms with E-state index in [4.69, 9.17) is 4.99 Å². The van der Waals surface area contributed by atoms with Crippen LogP contribution in [0.5, 0.6) is 0 Å². The van der Waals surface area contributed by atoms with E-state index in [1.54, 1.807) is 0 Å². The number of benzene rings is 1. The molecule has 0 radical (unpaired) electrons. The Hall–Kier alpha value is -0.820. The number of hydrogen-bond acceptors (Lipinski definition) is 2. The first-order valence-electron chi connectivity index (χ1n) is 9.43. The number of piperidine rings is 1. The SMILES string of the molecule is CCCCNC(=NCc1ccc(C)cc1)NCC1CCN(C)CC1.I. The lowest BCUT2D eigenvalue weighted by molar-refractivity contribution is 0.220. The average molecular weight is 458 g/mol. The van der Waals surface area contributed by atoms with Crippen LogP contribution in [0.3, 0.4) is 0 Å². The molecular formula is C20H35IN4. The van der Waals surface area contributed by atoms with Crippen molar-refractivity contribution in [1.82, 2.24) is 15.5 Å². The number of hydrogen-bond donors (Lipinski definition) is 2. The smallest absolute Gasteiger partial charge is 0.191 e. The second-order valence-electron chi connectivity index (χ2n) is 7.06. The molecule has 4 nitrogen and oxygen atoms in total. The van der Waals surface area contributed by atoms with Gasteiger partial charge >= 0.3 is 0 Å². The van der Waals surface area contributed by atoms with E-state index in [1.165, 1.54) is 49.9 Å². The van der Waals surface area contributed by atoms with E-state index < -0.39 is 0 Å². The molecule has 1 aromatic carbocycles. The van der Waals surface area contributed by atoms with Gasteiger partial charge in [0.1, 0.15) is 0 Å². The summed E-state index contributed by atoms with van der Waals surface area (Å²) >= 11 is 0. The fraction of sp³-hybridized carbons (Fsp3) is 0.650. The molecule has 0 aromatic heterocycles. The molecule has 2 N–H and O–H groups in total. The van der Waals surface area contributed by atoms with Crippen LogP contribution >= 0.6 is 24.0 Å². The maximum Gasteiger partial charge on any atom is 0.191 e. The molecule has 1 aliphatic heterocycles. The Labute approximate surface area is 170 Å². The molecule has 0 spiro atoms. The van der Waals surface area contributed by atoms with Gasteiger partial charge in [-0.3, -0.25) is 0 Å².